The number of fused-ring (bicyclic) bond motifs is 3. The topological polar surface area (TPSA) is 62.1 Å². The smallest absolute Gasteiger partial charge is 0.155 e. The van der Waals surface area contributed by atoms with Crippen LogP contribution in [0.5, 0.6) is 0 Å². The van der Waals surface area contributed by atoms with Gasteiger partial charge < -0.3 is 0 Å². The first-order valence-corrected chi connectivity index (χ1v) is 8.37. The zero-order valence-electron chi connectivity index (χ0n) is 13.1. The SMILES string of the molecule is c1cc(CN2CCCC3(CCc4cn[nH]c43)C2)n2ncnc2c1. The Balaban J connectivity index is 1.43. The third-order valence-electron chi connectivity index (χ3n) is 5.54. The molecule has 0 radical (unpaired) electrons. The fourth-order valence-corrected chi connectivity index (χ4v) is 4.48. The number of likely N-dealkylation sites (tertiary alicyclic amines) is 1. The normalized spacial score (nSPS) is 24.5. The number of nitrogens with one attached hydrogen (secondary N) is 1. The third kappa shape index (κ3) is 2.01. The van der Waals surface area contributed by atoms with E-state index in [1.807, 2.05) is 16.8 Å². The zero-order valence-corrected chi connectivity index (χ0v) is 13.1. The van der Waals surface area contributed by atoms with Crippen molar-refractivity contribution in [2.24, 2.45) is 0 Å². The molecule has 3 aromatic rings. The molecule has 1 unspecified atom stereocenters. The summed E-state index contributed by atoms with van der Waals surface area (Å²) in [6, 6.07) is 6.23. The first-order valence-electron chi connectivity index (χ1n) is 8.37. The number of hydrogen-bond donors (Lipinski definition) is 1. The van der Waals surface area contributed by atoms with Crippen molar-refractivity contribution < 1.29 is 0 Å². The second-order valence-electron chi connectivity index (χ2n) is 6.91. The zero-order chi connectivity index (χ0) is 15.3. The molecule has 23 heavy (non-hydrogen) atoms. The van der Waals surface area contributed by atoms with Gasteiger partial charge in [0.05, 0.1) is 11.9 Å². The molecule has 2 aliphatic rings. The average molecular weight is 308 g/mol. The van der Waals surface area contributed by atoms with Crippen LogP contribution >= 0.6 is 0 Å². The van der Waals surface area contributed by atoms with Gasteiger partial charge in [-0.2, -0.15) is 10.2 Å². The van der Waals surface area contributed by atoms with Gasteiger partial charge in [-0.25, -0.2) is 9.50 Å². The summed E-state index contributed by atoms with van der Waals surface area (Å²) in [7, 11) is 0. The lowest BCUT2D eigenvalue weighted by atomic mass is 9.77. The Morgan fingerprint density at radius 3 is 3.26 bits per heavy atom. The molecule has 5 rings (SSSR count). The number of nitrogens with zero attached hydrogens (tertiary/aromatic N) is 5. The van der Waals surface area contributed by atoms with Crippen molar-refractivity contribution in [1.29, 1.82) is 0 Å². The van der Waals surface area contributed by atoms with Gasteiger partial charge in [-0.3, -0.25) is 10.00 Å². The Labute approximate surface area is 134 Å². The van der Waals surface area contributed by atoms with Crippen LogP contribution in [0, 0.1) is 0 Å². The summed E-state index contributed by atoms with van der Waals surface area (Å²) < 4.78 is 1.96. The van der Waals surface area contributed by atoms with E-state index in [0.29, 0.717) is 0 Å². The molecule has 1 atom stereocenters. The fourth-order valence-electron chi connectivity index (χ4n) is 4.48. The van der Waals surface area contributed by atoms with Crippen LogP contribution in [0.4, 0.5) is 0 Å². The van der Waals surface area contributed by atoms with Gasteiger partial charge in [-0.15, -0.1) is 0 Å². The molecule has 1 saturated heterocycles. The van der Waals surface area contributed by atoms with E-state index in [1.165, 1.54) is 42.6 Å². The summed E-state index contributed by atoms with van der Waals surface area (Å²) >= 11 is 0. The minimum absolute atomic E-state index is 0.278. The van der Waals surface area contributed by atoms with E-state index >= 15 is 0 Å². The van der Waals surface area contributed by atoms with Crippen molar-refractivity contribution in [3.63, 3.8) is 0 Å². The second kappa shape index (κ2) is 4.89. The van der Waals surface area contributed by atoms with Gasteiger partial charge >= 0.3 is 0 Å². The molecule has 1 aliphatic carbocycles. The van der Waals surface area contributed by atoms with E-state index in [4.69, 9.17) is 0 Å². The number of aryl methyl sites for hydroxylation is 1. The standard InChI is InChI=1S/C17H20N6/c1-3-14(23-15(4-1)18-12-20-23)10-22-8-2-6-17(11-22)7-5-13-9-19-21-16(13)17/h1,3-4,9,12H,2,5-8,10-11H2,(H,19,21). The molecular formula is C17H20N6. The maximum atomic E-state index is 4.36. The number of hydrogen-bond acceptors (Lipinski definition) is 4. The highest BCUT2D eigenvalue weighted by atomic mass is 15.3. The minimum atomic E-state index is 0.278. The lowest BCUT2D eigenvalue weighted by molar-refractivity contribution is 0.134. The number of aromatic amines is 1. The molecule has 6 heteroatoms. The second-order valence-corrected chi connectivity index (χ2v) is 6.91. The van der Waals surface area contributed by atoms with Crippen LogP contribution < -0.4 is 0 Å². The van der Waals surface area contributed by atoms with Crippen molar-refractivity contribution in [2.45, 2.75) is 37.6 Å². The third-order valence-corrected chi connectivity index (χ3v) is 5.54. The summed E-state index contributed by atoms with van der Waals surface area (Å²) in [5, 5.41) is 11.9. The van der Waals surface area contributed by atoms with Crippen LogP contribution in [0.15, 0.2) is 30.7 Å². The predicted molar refractivity (Wildman–Crippen MR) is 86.1 cm³/mol. The monoisotopic (exact) mass is 308 g/mol. The summed E-state index contributed by atoms with van der Waals surface area (Å²) in [6.45, 7) is 3.18. The van der Waals surface area contributed by atoms with Crippen LogP contribution in [0.3, 0.4) is 0 Å². The molecule has 6 nitrogen and oxygen atoms in total. The van der Waals surface area contributed by atoms with Gasteiger partial charge in [0.15, 0.2) is 5.65 Å². The maximum Gasteiger partial charge on any atom is 0.155 e. The van der Waals surface area contributed by atoms with Crippen molar-refractivity contribution in [3.05, 3.63) is 47.7 Å². The number of aromatic nitrogens is 5. The molecule has 118 valence electrons. The molecule has 1 N–H and O–H groups in total. The lowest BCUT2D eigenvalue weighted by Gasteiger charge is -2.40. The summed E-state index contributed by atoms with van der Waals surface area (Å²) in [6.07, 6.45) is 8.57. The number of rotatable bonds is 2. The van der Waals surface area contributed by atoms with E-state index in [0.717, 1.165) is 25.3 Å². The lowest BCUT2D eigenvalue weighted by Crippen LogP contribution is -2.45. The van der Waals surface area contributed by atoms with E-state index < -0.39 is 0 Å². The van der Waals surface area contributed by atoms with Crippen molar-refractivity contribution in [2.75, 3.05) is 13.1 Å². The average Bonchev–Trinajstić information content (AvgIpc) is 3.27. The van der Waals surface area contributed by atoms with Gasteiger partial charge in [-0.05, 0) is 49.9 Å². The first kappa shape index (κ1) is 13.2. The maximum absolute atomic E-state index is 4.36. The summed E-state index contributed by atoms with van der Waals surface area (Å²) in [4.78, 5) is 6.85. The van der Waals surface area contributed by atoms with E-state index in [2.05, 4.69) is 37.3 Å². The van der Waals surface area contributed by atoms with Crippen LogP contribution in [-0.2, 0) is 18.4 Å². The predicted octanol–water partition coefficient (Wildman–Crippen LogP) is 1.93. The molecule has 1 aliphatic heterocycles. The first-order chi connectivity index (χ1) is 11.3. The van der Waals surface area contributed by atoms with Crippen molar-refractivity contribution in [3.8, 4) is 0 Å². The van der Waals surface area contributed by atoms with E-state index in [-0.39, 0.29) is 5.41 Å². The van der Waals surface area contributed by atoms with Gasteiger partial charge in [-0.1, -0.05) is 6.07 Å². The molecule has 1 spiro atoms. The van der Waals surface area contributed by atoms with E-state index in [1.54, 1.807) is 6.33 Å². The summed E-state index contributed by atoms with van der Waals surface area (Å²) in [5.74, 6) is 0. The van der Waals surface area contributed by atoms with Crippen molar-refractivity contribution >= 4 is 5.65 Å². The van der Waals surface area contributed by atoms with Crippen LogP contribution in [0.1, 0.15) is 36.2 Å². The van der Waals surface area contributed by atoms with Gasteiger partial charge in [0.25, 0.3) is 0 Å². The largest absolute Gasteiger partial charge is 0.297 e. The number of piperidine rings is 1. The molecule has 4 heterocycles. The molecule has 1 fully saturated rings. The fraction of sp³-hybridized carbons (Fsp3) is 0.471. The highest BCUT2D eigenvalue weighted by Crippen LogP contribution is 2.44. The molecular weight excluding hydrogens is 288 g/mol. The van der Waals surface area contributed by atoms with E-state index in [9.17, 15) is 0 Å². The Morgan fingerprint density at radius 1 is 1.26 bits per heavy atom. The van der Waals surface area contributed by atoms with Crippen molar-refractivity contribution in [1.82, 2.24) is 29.7 Å². The Hall–Kier alpha value is -2.21. The van der Waals surface area contributed by atoms with Gasteiger partial charge in [0.1, 0.15) is 6.33 Å². The molecule has 3 aromatic heterocycles. The van der Waals surface area contributed by atoms with Gasteiger partial charge in [0, 0.05) is 24.2 Å². The number of pyridine rings is 1. The minimum Gasteiger partial charge on any atom is -0.297 e. The van der Waals surface area contributed by atoms with Crippen LogP contribution in [-0.4, -0.2) is 42.8 Å². The Morgan fingerprint density at radius 2 is 2.26 bits per heavy atom. The van der Waals surface area contributed by atoms with Gasteiger partial charge in [0.2, 0.25) is 0 Å². The molecule has 0 bridgehead atoms. The molecule has 0 amide bonds. The van der Waals surface area contributed by atoms with Crippen LogP contribution in [0.25, 0.3) is 5.65 Å². The van der Waals surface area contributed by atoms with Crippen LogP contribution in [0.2, 0.25) is 0 Å². The highest BCUT2D eigenvalue weighted by Gasteiger charge is 2.43. The summed E-state index contributed by atoms with van der Waals surface area (Å²) in [5.41, 5.74) is 5.22. The Bertz CT molecular complexity index is 850. The highest BCUT2D eigenvalue weighted by molar-refractivity contribution is 5.37. The Kier molecular flexibility index (Phi) is 2.82. The quantitative estimate of drug-likeness (QED) is 0.786. The molecule has 0 saturated carbocycles. The number of H-pyrrole nitrogens is 1. The molecule has 0 aromatic carbocycles.